The van der Waals surface area contributed by atoms with Gasteiger partial charge in [-0.05, 0) is 37.6 Å². The van der Waals surface area contributed by atoms with Crippen LogP contribution in [0.3, 0.4) is 0 Å². The minimum Gasteiger partial charge on any atom is -0.481 e. The van der Waals surface area contributed by atoms with Crippen molar-refractivity contribution in [2.75, 3.05) is 12.3 Å². The Morgan fingerprint density at radius 2 is 2.35 bits per heavy atom. The molecule has 0 radical (unpaired) electrons. The molecule has 0 spiro atoms. The van der Waals surface area contributed by atoms with Gasteiger partial charge in [0, 0.05) is 5.69 Å². The Hall–Kier alpha value is -2.15. The summed E-state index contributed by atoms with van der Waals surface area (Å²) in [7, 11) is 0. The standard InChI is InChI=1S/C13H16N2O2/c1-4-7-15-13(16)10(3)17-12-6-5-11(14)8-9(12)2/h1,5-6,8,10H,7,14H2,2-3H3,(H,15,16). The number of ether oxygens (including phenoxy) is 1. The molecule has 17 heavy (non-hydrogen) atoms. The highest BCUT2D eigenvalue weighted by molar-refractivity contribution is 5.81. The smallest absolute Gasteiger partial charge is 0.261 e. The first kappa shape index (κ1) is 12.9. The van der Waals surface area contributed by atoms with Crippen molar-refractivity contribution in [2.24, 2.45) is 0 Å². The van der Waals surface area contributed by atoms with Gasteiger partial charge >= 0.3 is 0 Å². The van der Waals surface area contributed by atoms with Gasteiger partial charge in [0.1, 0.15) is 5.75 Å². The van der Waals surface area contributed by atoms with E-state index in [9.17, 15) is 4.79 Å². The van der Waals surface area contributed by atoms with Crippen LogP contribution in [0, 0.1) is 19.3 Å². The largest absolute Gasteiger partial charge is 0.481 e. The van der Waals surface area contributed by atoms with Crippen molar-refractivity contribution >= 4 is 11.6 Å². The highest BCUT2D eigenvalue weighted by Crippen LogP contribution is 2.21. The van der Waals surface area contributed by atoms with Crippen molar-refractivity contribution in [3.05, 3.63) is 23.8 Å². The van der Waals surface area contributed by atoms with E-state index in [2.05, 4.69) is 11.2 Å². The fourth-order valence-electron chi connectivity index (χ4n) is 1.33. The lowest BCUT2D eigenvalue weighted by Gasteiger charge is -2.15. The Kier molecular flexibility index (Phi) is 4.41. The topological polar surface area (TPSA) is 64.3 Å². The Bertz CT molecular complexity index is 449. The fourth-order valence-corrected chi connectivity index (χ4v) is 1.33. The molecule has 90 valence electrons. The van der Waals surface area contributed by atoms with Gasteiger partial charge in [-0.2, -0.15) is 0 Å². The van der Waals surface area contributed by atoms with Crippen LogP contribution >= 0.6 is 0 Å². The molecule has 1 atom stereocenters. The number of hydrogen-bond acceptors (Lipinski definition) is 3. The number of anilines is 1. The molecule has 1 unspecified atom stereocenters. The number of benzene rings is 1. The Morgan fingerprint density at radius 3 is 2.94 bits per heavy atom. The minimum absolute atomic E-state index is 0.202. The van der Waals surface area contributed by atoms with Gasteiger partial charge in [-0.3, -0.25) is 4.79 Å². The second kappa shape index (κ2) is 5.80. The zero-order chi connectivity index (χ0) is 12.8. The second-order valence-corrected chi connectivity index (χ2v) is 3.71. The predicted molar refractivity (Wildman–Crippen MR) is 67.5 cm³/mol. The van der Waals surface area contributed by atoms with E-state index in [-0.39, 0.29) is 12.5 Å². The number of rotatable bonds is 4. The molecule has 4 nitrogen and oxygen atoms in total. The van der Waals surface area contributed by atoms with Crippen molar-refractivity contribution < 1.29 is 9.53 Å². The molecule has 0 fully saturated rings. The molecule has 1 aromatic rings. The minimum atomic E-state index is -0.592. The number of terminal acetylenes is 1. The van der Waals surface area contributed by atoms with Crippen LogP contribution in [0.2, 0.25) is 0 Å². The van der Waals surface area contributed by atoms with Crippen LogP contribution in [-0.4, -0.2) is 18.6 Å². The molecule has 0 aliphatic rings. The van der Waals surface area contributed by atoms with Gasteiger partial charge in [-0.25, -0.2) is 0 Å². The quantitative estimate of drug-likeness (QED) is 0.603. The number of carbonyl (C=O) groups is 1. The summed E-state index contributed by atoms with van der Waals surface area (Å²) in [5.41, 5.74) is 7.18. The summed E-state index contributed by atoms with van der Waals surface area (Å²) in [6, 6.07) is 5.27. The van der Waals surface area contributed by atoms with Crippen LogP contribution in [0.4, 0.5) is 5.69 Å². The van der Waals surface area contributed by atoms with E-state index in [0.717, 1.165) is 5.56 Å². The summed E-state index contributed by atoms with van der Waals surface area (Å²) in [5.74, 6) is 2.74. The number of aryl methyl sites for hydroxylation is 1. The van der Waals surface area contributed by atoms with Crippen molar-refractivity contribution in [3.63, 3.8) is 0 Å². The lowest BCUT2D eigenvalue weighted by Crippen LogP contribution is -2.36. The molecule has 1 rings (SSSR count). The number of nitrogen functional groups attached to an aromatic ring is 1. The number of carbonyl (C=O) groups excluding carboxylic acids is 1. The summed E-state index contributed by atoms with van der Waals surface area (Å²) < 4.78 is 5.52. The van der Waals surface area contributed by atoms with Crippen LogP contribution in [0.5, 0.6) is 5.75 Å². The number of nitrogens with one attached hydrogen (secondary N) is 1. The molecule has 0 aliphatic heterocycles. The molecule has 1 aromatic carbocycles. The number of amides is 1. The highest BCUT2D eigenvalue weighted by Gasteiger charge is 2.14. The number of hydrogen-bond donors (Lipinski definition) is 2. The summed E-state index contributed by atoms with van der Waals surface area (Å²) in [4.78, 5) is 11.5. The molecule has 0 aromatic heterocycles. The van der Waals surface area contributed by atoms with Gasteiger partial charge in [0.15, 0.2) is 6.10 Å². The van der Waals surface area contributed by atoms with Crippen molar-refractivity contribution in [1.82, 2.24) is 5.32 Å². The van der Waals surface area contributed by atoms with E-state index in [0.29, 0.717) is 11.4 Å². The van der Waals surface area contributed by atoms with Gasteiger partial charge in [0.2, 0.25) is 0 Å². The monoisotopic (exact) mass is 232 g/mol. The van der Waals surface area contributed by atoms with Crippen LogP contribution in [0.15, 0.2) is 18.2 Å². The maximum absolute atomic E-state index is 11.5. The average molecular weight is 232 g/mol. The molecule has 0 heterocycles. The molecule has 4 heteroatoms. The highest BCUT2D eigenvalue weighted by atomic mass is 16.5. The molecular formula is C13H16N2O2. The number of nitrogens with two attached hydrogens (primary N) is 1. The van der Waals surface area contributed by atoms with Crippen LogP contribution in [0.25, 0.3) is 0 Å². The first-order valence-electron chi connectivity index (χ1n) is 5.28. The predicted octanol–water partition coefficient (Wildman–Crippen LogP) is 1.09. The van der Waals surface area contributed by atoms with Gasteiger partial charge in [0.25, 0.3) is 5.91 Å². The van der Waals surface area contributed by atoms with E-state index in [4.69, 9.17) is 16.9 Å². The maximum atomic E-state index is 11.5. The summed E-state index contributed by atoms with van der Waals surface area (Å²) in [6.45, 7) is 3.74. The van der Waals surface area contributed by atoms with Crippen LogP contribution in [-0.2, 0) is 4.79 Å². The second-order valence-electron chi connectivity index (χ2n) is 3.71. The van der Waals surface area contributed by atoms with E-state index < -0.39 is 6.10 Å². The fraction of sp³-hybridized carbons (Fsp3) is 0.308. The molecule has 1 amide bonds. The molecule has 0 aliphatic carbocycles. The molecule has 0 saturated heterocycles. The Balaban J connectivity index is 2.65. The van der Waals surface area contributed by atoms with Crippen molar-refractivity contribution in [3.8, 4) is 18.1 Å². The van der Waals surface area contributed by atoms with Gasteiger partial charge in [-0.15, -0.1) is 6.42 Å². The zero-order valence-corrected chi connectivity index (χ0v) is 9.99. The van der Waals surface area contributed by atoms with E-state index in [1.54, 1.807) is 25.1 Å². The first-order chi connectivity index (χ1) is 8.04. The molecular weight excluding hydrogens is 216 g/mol. The third kappa shape index (κ3) is 3.72. The van der Waals surface area contributed by atoms with E-state index in [1.165, 1.54) is 0 Å². The van der Waals surface area contributed by atoms with Crippen molar-refractivity contribution in [2.45, 2.75) is 20.0 Å². The normalized spacial score (nSPS) is 11.4. The lowest BCUT2D eigenvalue weighted by molar-refractivity contribution is -0.127. The first-order valence-corrected chi connectivity index (χ1v) is 5.28. The summed E-state index contributed by atoms with van der Waals surface area (Å²) >= 11 is 0. The van der Waals surface area contributed by atoms with Gasteiger partial charge in [0.05, 0.1) is 6.54 Å². The van der Waals surface area contributed by atoms with Gasteiger partial charge < -0.3 is 15.8 Å². The third-order valence-electron chi connectivity index (χ3n) is 2.24. The van der Waals surface area contributed by atoms with Crippen LogP contribution in [0.1, 0.15) is 12.5 Å². The van der Waals surface area contributed by atoms with Crippen molar-refractivity contribution in [1.29, 1.82) is 0 Å². The SMILES string of the molecule is C#CCNC(=O)C(C)Oc1ccc(N)cc1C. The zero-order valence-electron chi connectivity index (χ0n) is 9.99. The summed E-state index contributed by atoms with van der Waals surface area (Å²) in [6.07, 6.45) is 4.46. The summed E-state index contributed by atoms with van der Waals surface area (Å²) in [5, 5.41) is 2.56. The molecule has 0 bridgehead atoms. The van der Waals surface area contributed by atoms with Crippen LogP contribution < -0.4 is 15.8 Å². The average Bonchev–Trinajstić information content (AvgIpc) is 2.29. The maximum Gasteiger partial charge on any atom is 0.261 e. The van der Waals surface area contributed by atoms with E-state index >= 15 is 0 Å². The lowest BCUT2D eigenvalue weighted by atomic mass is 10.2. The molecule has 0 saturated carbocycles. The Labute approximate surface area is 101 Å². The third-order valence-corrected chi connectivity index (χ3v) is 2.24. The Morgan fingerprint density at radius 1 is 1.65 bits per heavy atom. The molecule has 3 N–H and O–H groups in total. The van der Waals surface area contributed by atoms with Gasteiger partial charge in [-0.1, -0.05) is 5.92 Å². The van der Waals surface area contributed by atoms with E-state index in [1.807, 2.05) is 6.92 Å².